The molecule has 3 aromatic carbocycles. The maximum Gasteiger partial charge on any atom is 0.315 e. The fourth-order valence-corrected chi connectivity index (χ4v) is 6.83. The second-order valence-electron chi connectivity index (χ2n) is 12.8. The van der Waals surface area contributed by atoms with Crippen LogP contribution in [0.5, 0.6) is 11.8 Å². The van der Waals surface area contributed by atoms with Crippen LogP contribution in [0.3, 0.4) is 0 Å². The number of piperidine rings is 1. The quantitative estimate of drug-likeness (QED) is 0.0823. The Bertz CT molecular complexity index is 1890. The molecule has 2 aromatic heterocycles. The summed E-state index contributed by atoms with van der Waals surface area (Å²) in [7, 11) is 0. The average molecular weight is 692 g/mol. The molecule has 0 saturated carbocycles. The third-order valence-electron chi connectivity index (χ3n) is 9.56. The number of ether oxygens (including phenoxy) is 3. The molecule has 1 spiro atoms. The van der Waals surface area contributed by atoms with E-state index >= 15 is 0 Å². The predicted molar refractivity (Wildman–Crippen MR) is 193 cm³/mol. The third kappa shape index (κ3) is 7.82. The Labute approximate surface area is 296 Å². The number of nitro benzene ring substituents is 1. The number of nitro groups is 1. The molecule has 50 heavy (non-hydrogen) atoms. The molecule has 0 aliphatic carbocycles. The fourth-order valence-electron chi connectivity index (χ4n) is 6.72. The zero-order valence-corrected chi connectivity index (χ0v) is 28.3. The van der Waals surface area contributed by atoms with Gasteiger partial charge >= 0.3 is 5.69 Å². The molecule has 0 amide bonds. The van der Waals surface area contributed by atoms with Crippen molar-refractivity contribution in [2.45, 2.75) is 45.0 Å². The van der Waals surface area contributed by atoms with Gasteiger partial charge in [0.15, 0.2) is 0 Å². The van der Waals surface area contributed by atoms with Crippen molar-refractivity contribution in [1.29, 1.82) is 0 Å². The van der Waals surface area contributed by atoms with E-state index < -0.39 is 0 Å². The summed E-state index contributed by atoms with van der Waals surface area (Å²) in [5, 5.41) is 16.4. The highest BCUT2D eigenvalue weighted by molar-refractivity contribution is 6.29. The highest BCUT2D eigenvalue weighted by Crippen LogP contribution is 2.47. The summed E-state index contributed by atoms with van der Waals surface area (Å²) in [6.07, 6.45) is 5.51. The summed E-state index contributed by atoms with van der Waals surface area (Å²) in [6.45, 7) is 2.66. The first-order chi connectivity index (χ1) is 24.4. The SMILES string of the molecule is O=[N+]([O-])c1c(Nc2ccc(OCc3ccccc3)nc2OCc2ccccc2)cccc1N1CCC2(CCC(c3ccc(Cl)nc3)OC2)CC1. The van der Waals surface area contributed by atoms with E-state index in [0.29, 0.717) is 54.4 Å². The van der Waals surface area contributed by atoms with E-state index in [1.807, 2.05) is 78.9 Å². The lowest BCUT2D eigenvalue weighted by Gasteiger charge is -2.46. The zero-order chi connectivity index (χ0) is 34.3. The Morgan fingerprint density at radius 2 is 1.58 bits per heavy atom. The molecule has 2 aliphatic rings. The zero-order valence-electron chi connectivity index (χ0n) is 27.5. The normalized spacial score (nSPS) is 16.9. The Kier molecular flexibility index (Phi) is 10.1. The number of halogens is 1. The molecule has 2 saturated heterocycles. The lowest BCUT2D eigenvalue weighted by molar-refractivity contribution is -0.383. The molecule has 1 unspecified atom stereocenters. The van der Waals surface area contributed by atoms with E-state index in [-0.39, 0.29) is 34.6 Å². The van der Waals surface area contributed by atoms with E-state index in [9.17, 15) is 10.1 Å². The van der Waals surface area contributed by atoms with E-state index in [4.69, 9.17) is 25.8 Å². The first-order valence-electron chi connectivity index (χ1n) is 16.8. The summed E-state index contributed by atoms with van der Waals surface area (Å²) in [5.41, 5.74) is 4.52. The number of aromatic nitrogens is 2. The maximum atomic E-state index is 12.7. The van der Waals surface area contributed by atoms with Crippen LogP contribution in [0.15, 0.2) is 109 Å². The van der Waals surface area contributed by atoms with Gasteiger partial charge in [-0.3, -0.25) is 10.1 Å². The van der Waals surface area contributed by atoms with Crippen LogP contribution >= 0.6 is 11.6 Å². The molecular weight excluding hydrogens is 654 g/mol. The number of hydrogen-bond donors (Lipinski definition) is 1. The molecule has 0 bridgehead atoms. The molecule has 1 N–H and O–H groups in total. The van der Waals surface area contributed by atoms with Gasteiger partial charge in [0.05, 0.1) is 17.6 Å². The fraction of sp³-hybridized carbons (Fsp3) is 0.282. The molecule has 0 radical (unpaired) electrons. The molecular formula is C39H38ClN5O5. The Morgan fingerprint density at radius 3 is 2.22 bits per heavy atom. The number of benzene rings is 3. The predicted octanol–water partition coefficient (Wildman–Crippen LogP) is 9.08. The van der Waals surface area contributed by atoms with Gasteiger partial charge in [0.1, 0.15) is 35.4 Å². The molecule has 7 rings (SSSR count). The van der Waals surface area contributed by atoms with Crippen molar-refractivity contribution in [3.8, 4) is 11.8 Å². The van der Waals surface area contributed by atoms with Gasteiger partial charge in [0.2, 0.25) is 11.8 Å². The van der Waals surface area contributed by atoms with Gasteiger partial charge in [-0.1, -0.05) is 84.4 Å². The highest BCUT2D eigenvalue weighted by Gasteiger charge is 2.40. The molecule has 256 valence electrons. The second-order valence-corrected chi connectivity index (χ2v) is 13.2. The summed E-state index contributed by atoms with van der Waals surface area (Å²) < 4.78 is 18.5. The van der Waals surface area contributed by atoms with Crippen LogP contribution in [0.1, 0.15) is 48.5 Å². The summed E-state index contributed by atoms with van der Waals surface area (Å²) in [6, 6.07) is 32.3. The van der Waals surface area contributed by atoms with E-state index in [2.05, 4.69) is 20.2 Å². The summed E-state index contributed by atoms with van der Waals surface area (Å²) >= 11 is 5.97. The molecule has 11 heteroatoms. The minimum absolute atomic E-state index is 0.00723. The maximum absolute atomic E-state index is 12.7. The molecule has 2 fully saturated rings. The first-order valence-corrected chi connectivity index (χ1v) is 17.2. The van der Waals surface area contributed by atoms with E-state index in [1.165, 1.54) is 0 Å². The van der Waals surface area contributed by atoms with Crippen molar-refractivity contribution in [3.63, 3.8) is 0 Å². The van der Waals surface area contributed by atoms with Gasteiger partial charge in [0, 0.05) is 25.4 Å². The first kappa shape index (κ1) is 33.3. The van der Waals surface area contributed by atoms with Crippen LogP contribution in [0.25, 0.3) is 0 Å². The van der Waals surface area contributed by atoms with Gasteiger partial charge < -0.3 is 24.4 Å². The van der Waals surface area contributed by atoms with Crippen molar-refractivity contribution in [3.05, 3.63) is 141 Å². The minimum Gasteiger partial charge on any atom is -0.473 e. The Balaban J connectivity index is 1.07. The van der Waals surface area contributed by atoms with Crippen molar-refractivity contribution in [2.75, 3.05) is 29.9 Å². The number of nitrogens with one attached hydrogen (secondary N) is 1. The average Bonchev–Trinajstić information content (AvgIpc) is 3.15. The number of rotatable bonds is 11. The molecule has 1 atom stereocenters. The van der Waals surface area contributed by atoms with Gasteiger partial charge in [0.25, 0.3) is 0 Å². The van der Waals surface area contributed by atoms with Gasteiger partial charge in [-0.2, -0.15) is 4.98 Å². The van der Waals surface area contributed by atoms with Crippen LogP contribution in [-0.2, 0) is 18.0 Å². The van der Waals surface area contributed by atoms with Crippen molar-refractivity contribution in [1.82, 2.24) is 9.97 Å². The Morgan fingerprint density at radius 1 is 0.860 bits per heavy atom. The minimum atomic E-state index is -0.314. The van der Waals surface area contributed by atoms with Gasteiger partial charge in [-0.25, -0.2) is 4.98 Å². The van der Waals surface area contributed by atoms with Crippen LogP contribution in [-0.4, -0.2) is 34.6 Å². The molecule has 4 heterocycles. The largest absolute Gasteiger partial charge is 0.473 e. The standard InChI is InChI=1S/C39H38ClN5O5/c40-35-16-14-30(24-41-35)34-18-19-39(27-50-34)20-22-44(23-21-39)33-13-7-12-31(37(33)45(46)47)42-32-15-17-36(48-25-28-8-3-1-4-9-28)43-38(32)49-26-29-10-5-2-6-11-29/h1-17,24,34,42H,18-23,25-27H2. The third-order valence-corrected chi connectivity index (χ3v) is 9.79. The van der Waals surface area contributed by atoms with Crippen molar-refractivity contribution < 1.29 is 19.1 Å². The summed E-state index contributed by atoms with van der Waals surface area (Å²) in [4.78, 5) is 23.3. The number of pyridine rings is 2. The van der Waals surface area contributed by atoms with Crippen LogP contribution < -0.4 is 19.7 Å². The van der Waals surface area contributed by atoms with E-state index in [1.54, 1.807) is 30.5 Å². The number of para-hydroxylation sites is 1. The number of anilines is 3. The van der Waals surface area contributed by atoms with Crippen LogP contribution in [0.2, 0.25) is 5.15 Å². The highest BCUT2D eigenvalue weighted by atomic mass is 35.5. The number of hydrogen-bond acceptors (Lipinski definition) is 9. The molecule has 5 aromatic rings. The van der Waals surface area contributed by atoms with Crippen molar-refractivity contribution >= 4 is 34.4 Å². The summed E-state index contributed by atoms with van der Waals surface area (Å²) in [5.74, 6) is 0.667. The smallest absolute Gasteiger partial charge is 0.315 e. The van der Waals surface area contributed by atoms with Crippen LogP contribution in [0.4, 0.5) is 22.7 Å². The lowest BCUT2D eigenvalue weighted by atomic mass is 9.73. The molecule has 10 nitrogen and oxygen atoms in total. The lowest BCUT2D eigenvalue weighted by Crippen LogP contribution is -2.44. The monoisotopic (exact) mass is 691 g/mol. The molecule has 2 aliphatic heterocycles. The van der Waals surface area contributed by atoms with E-state index in [0.717, 1.165) is 42.4 Å². The van der Waals surface area contributed by atoms with Crippen LogP contribution in [0, 0.1) is 15.5 Å². The van der Waals surface area contributed by atoms with Gasteiger partial charge in [-0.05, 0) is 72.1 Å². The number of nitrogens with zero attached hydrogens (tertiary/aromatic N) is 4. The second kappa shape index (κ2) is 15.1. The van der Waals surface area contributed by atoms with Gasteiger partial charge in [-0.15, -0.1) is 0 Å². The topological polar surface area (TPSA) is 112 Å². The Hall–Kier alpha value is -5.19. The van der Waals surface area contributed by atoms with Crippen molar-refractivity contribution in [2.24, 2.45) is 5.41 Å².